The molecule has 1 aromatic heterocycles. The highest BCUT2D eigenvalue weighted by molar-refractivity contribution is 7.86. The van der Waals surface area contributed by atoms with E-state index in [0.717, 1.165) is 17.7 Å². The molecule has 1 aromatic carbocycles. The van der Waals surface area contributed by atoms with Crippen molar-refractivity contribution in [2.75, 3.05) is 0 Å². The van der Waals surface area contributed by atoms with Crippen LogP contribution >= 0.6 is 0 Å². The number of halogens is 3. The Hall–Kier alpha value is -1.93. The quantitative estimate of drug-likeness (QED) is 0.794. The molecule has 0 N–H and O–H groups in total. The van der Waals surface area contributed by atoms with E-state index in [2.05, 4.69) is 4.98 Å². The van der Waals surface area contributed by atoms with Gasteiger partial charge in [-0.3, -0.25) is 4.18 Å². The van der Waals surface area contributed by atoms with Crippen LogP contribution in [0.15, 0.2) is 41.3 Å². The largest absolute Gasteiger partial charge is 0.433 e. The van der Waals surface area contributed by atoms with E-state index in [0.29, 0.717) is 0 Å². The number of hydrogen-bond donors (Lipinski definition) is 0. The van der Waals surface area contributed by atoms with Gasteiger partial charge in [-0.25, -0.2) is 4.98 Å². The van der Waals surface area contributed by atoms with Gasteiger partial charge in [-0.1, -0.05) is 23.8 Å². The summed E-state index contributed by atoms with van der Waals surface area (Å²) in [4.78, 5) is 3.42. The molecule has 0 amide bonds. The zero-order chi connectivity index (χ0) is 17.3. The molecule has 0 radical (unpaired) electrons. The summed E-state index contributed by atoms with van der Waals surface area (Å²) in [5.41, 5.74) is 0.208. The third kappa shape index (κ3) is 4.29. The number of aryl methyl sites for hydroxylation is 2. The van der Waals surface area contributed by atoms with E-state index in [1.165, 1.54) is 19.1 Å². The first-order valence-corrected chi connectivity index (χ1v) is 8.00. The van der Waals surface area contributed by atoms with Gasteiger partial charge in [0.15, 0.2) is 0 Å². The summed E-state index contributed by atoms with van der Waals surface area (Å²) < 4.78 is 66.6. The minimum absolute atomic E-state index is 0.0133. The third-order valence-corrected chi connectivity index (χ3v) is 4.44. The van der Waals surface area contributed by atoms with Gasteiger partial charge in [0.05, 0.1) is 11.5 Å². The highest BCUT2D eigenvalue weighted by Crippen LogP contribution is 2.28. The lowest BCUT2D eigenvalue weighted by molar-refractivity contribution is -0.141. The van der Waals surface area contributed by atoms with E-state index in [-0.39, 0.29) is 22.8 Å². The molecule has 0 fully saturated rings. The number of alkyl halides is 3. The van der Waals surface area contributed by atoms with Crippen LogP contribution in [0.25, 0.3) is 0 Å². The van der Waals surface area contributed by atoms with Crippen molar-refractivity contribution < 1.29 is 25.8 Å². The molecule has 124 valence electrons. The molecule has 0 unspecified atom stereocenters. The SMILES string of the molecule is Cc1ccc(S(=O)(=O)OCc2ccc(C(F)(F)F)nc2C)cc1. The Bertz CT molecular complexity index is 800. The maximum atomic E-state index is 12.5. The fourth-order valence-electron chi connectivity index (χ4n) is 1.81. The minimum Gasteiger partial charge on any atom is -0.261 e. The van der Waals surface area contributed by atoms with Crippen molar-refractivity contribution in [2.45, 2.75) is 31.5 Å². The molecule has 2 aromatic rings. The molecule has 0 saturated carbocycles. The van der Waals surface area contributed by atoms with Crippen LogP contribution in [-0.2, 0) is 27.1 Å². The Morgan fingerprint density at radius 2 is 1.65 bits per heavy atom. The molecule has 0 spiro atoms. The summed E-state index contributed by atoms with van der Waals surface area (Å²) in [5.74, 6) is 0. The molecule has 2 rings (SSSR count). The summed E-state index contributed by atoms with van der Waals surface area (Å²) in [5, 5.41) is 0. The van der Waals surface area contributed by atoms with Crippen LogP contribution in [0.1, 0.15) is 22.5 Å². The molecular weight excluding hydrogens is 331 g/mol. The van der Waals surface area contributed by atoms with Gasteiger partial charge in [0.2, 0.25) is 0 Å². The van der Waals surface area contributed by atoms with E-state index in [1.54, 1.807) is 12.1 Å². The van der Waals surface area contributed by atoms with E-state index in [1.807, 2.05) is 6.92 Å². The van der Waals surface area contributed by atoms with Gasteiger partial charge < -0.3 is 0 Å². The fraction of sp³-hybridized carbons (Fsp3) is 0.267. The van der Waals surface area contributed by atoms with Crippen molar-refractivity contribution >= 4 is 10.1 Å². The molecule has 0 aliphatic heterocycles. The topological polar surface area (TPSA) is 56.3 Å². The predicted molar refractivity (Wildman–Crippen MR) is 77.1 cm³/mol. The van der Waals surface area contributed by atoms with Crippen molar-refractivity contribution in [1.29, 1.82) is 0 Å². The van der Waals surface area contributed by atoms with Crippen LogP contribution in [0.3, 0.4) is 0 Å². The average molecular weight is 345 g/mol. The second kappa shape index (κ2) is 6.29. The monoisotopic (exact) mass is 345 g/mol. The zero-order valence-electron chi connectivity index (χ0n) is 12.4. The highest BCUT2D eigenvalue weighted by atomic mass is 32.2. The molecule has 4 nitrogen and oxygen atoms in total. The highest BCUT2D eigenvalue weighted by Gasteiger charge is 2.32. The number of nitrogens with zero attached hydrogens (tertiary/aromatic N) is 1. The van der Waals surface area contributed by atoms with Gasteiger partial charge in [-0.2, -0.15) is 21.6 Å². The molecule has 0 aliphatic rings. The van der Waals surface area contributed by atoms with Gasteiger partial charge in [0.1, 0.15) is 5.69 Å². The van der Waals surface area contributed by atoms with Crippen molar-refractivity contribution in [3.8, 4) is 0 Å². The van der Waals surface area contributed by atoms with Crippen molar-refractivity contribution in [2.24, 2.45) is 0 Å². The summed E-state index contributed by atoms with van der Waals surface area (Å²) in [6.07, 6.45) is -4.54. The first kappa shape index (κ1) is 17.4. The molecule has 8 heteroatoms. The van der Waals surface area contributed by atoms with Gasteiger partial charge >= 0.3 is 6.18 Å². The molecule has 0 saturated heterocycles. The molecular formula is C15H14F3NO3S. The average Bonchev–Trinajstić information content (AvgIpc) is 2.45. The Kier molecular flexibility index (Phi) is 4.76. The predicted octanol–water partition coefficient (Wildman–Crippen LogP) is 3.62. The van der Waals surface area contributed by atoms with Gasteiger partial charge in [-0.05, 0) is 32.0 Å². The smallest absolute Gasteiger partial charge is 0.261 e. The summed E-state index contributed by atoms with van der Waals surface area (Å²) >= 11 is 0. The van der Waals surface area contributed by atoms with Crippen LogP contribution < -0.4 is 0 Å². The maximum Gasteiger partial charge on any atom is 0.433 e. The first-order chi connectivity index (χ1) is 10.6. The molecule has 0 atom stereocenters. The normalized spacial score (nSPS) is 12.4. The number of benzene rings is 1. The Balaban J connectivity index is 2.16. The second-order valence-electron chi connectivity index (χ2n) is 4.97. The number of hydrogen-bond acceptors (Lipinski definition) is 4. The lowest BCUT2D eigenvalue weighted by atomic mass is 10.2. The number of pyridine rings is 1. The minimum atomic E-state index is -4.54. The summed E-state index contributed by atoms with van der Waals surface area (Å²) in [7, 11) is -3.98. The Labute approximate surface area is 132 Å². The standard InChI is InChI=1S/C15H14F3NO3S/c1-10-3-6-13(7-4-10)23(20,21)22-9-12-5-8-14(15(16,17)18)19-11(12)2/h3-8H,9H2,1-2H3. The lowest BCUT2D eigenvalue weighted by Gasteiger charge is -2.11. The first-order valence-electron chi connectivity index (χ1n) is 6.59. The van der Waals surface area contributed by atoms with Crippen molar-refractivity contribution in [1.82, 2.24) is 4.98 Å². The van der Waals surface area contributed by atoms with Crippen molar-refractivity contribution in [3.63, 3.8) is 0 Å². The van der Waals surface area contributed by atoms with Gasteiger partial charge in [0.25, 0.3) is 10.1 Å². The van der Waals surface area contributed by atoms with Crippen molar-refractivity contribution in [3.05, 3.63) is 58.9 Å². The van der Waals surface area contributed by atoms with E-state index in [4.69, 9.17) is 4.18 Å². The van der Waals surface area contributed by atoms with Gasteiger partial charge in [0, 0.05) is 11.3 Å². The lowest BCUT2D eigenvalue weighted by Crippen LogP contribution is -2.11. The van der Waals surface area contributed by atoms with Crippen LogP contribution in [-0.4, -0.2) is 13.4 Å². The molecule has 0 aliphatic carbocycles. The number of rotatable bonds is 4. The van der Waals surface area contributed by atoms with E-state index in [9.17, 15) is 21.6 Å². The molecule has 1 heterocycles. The summed E-state index contributed by atoms with van der Waals surface area (Å²) in [6, 6.07) is 8.02. The van der Waals surface area contributed by atoms with Crippen LogP contribution in [0, 0.1) is 13.8 Å². The molecule has 0 bridgehead atoms. The third-order valence-electron chi connectivity index (χ3n) is 3.16. The Morgan fingerprint density at radius 1 is 1.04 bits per heavy atom. The van der Waals surface area contributed by atoms with Gasteiger partial charge in [-0.15, -0.1) is 0 Å². The number of aromatic nitrogens is 1. The summed E-state index contributed by atoms with van der Waals surface area (Å²) in [6.45, 7) is 2.80. The van der Waals surface area contributed by atoms with Crippen LogP contribution in [0.4, 0.5) is 13.2 Å². The van der Waals surface area contributed by atoms with E-state index >= 15 is 0 Å². The zero-order valence-corrected chi connectivity index (χ0v) is 13.2. The maximum absolute atomic E-state index is 12.5. The van der Waals surface area contributed by atoms with Crippen LogP contribution in [0.2, 0.25) is 0 Å². The molecule has 23 heavy (non-hydrogen) atoms. The van der Waals surface area contributed by atoms with E-state index < -0.39 is 22.0 Å². The second-order valence-corrected chi connectivity index (χ2v) is 6.58. The Morgan fingerprint density at radius 3 is 2.17 bits per heavy atom. The fourth-order valence-corrected chi connectivity index (χ4v) is 2.70. The van der Waals surface area contributed by atoms with Crippen LogP contribution in [0.5, 0.6) is 0 Å².